The van der Waals surface area contributed by atoms with Crippen molar-refractivity contribution < 1.29 is 23.1 Å². The first-order chi connectivity index (χ1) is 8.40. The molecule has 2 aromatic rings. The minimum Gasteiger partial charge on any atom is -0.472 e. The van der Waals surface area contributed by atoms with Crippen molar-refractivity contribution in [2.45, 2.75) is 6.29 Å². The molecule has 5 heteroatoms. The summed E-state index contributed by atoms with van der Waals surface area (Å²) in [5, 5.41) is 0. The van der Waals surface area contributed by atoms with Gasteiger partial charge in [-0.05, 0) is 12.1 Å². The van der Waals surface area contributed by atoms with Crippen molar-refractivity contribution in [3.8, 4) is 0 Å². The summed E-state index contributed by atoms with van der Waals surface area (Å²) in [4.78, 5) is 9.81. The van der Waals surface area contributed by atoms with Gasteiger partial charge in [-0.3, -0.25) is 4.79 Å². The molecule has 0 saturated carbocycles. The number of aldehydes is 1. The second-order valence-electron chi connectivity index (χ2n) is 3.30. The van der Waals surface area contributed by atoms with Crippen LogP contribution in [0.3, 0.4) is 0 Å². The molecule has 3 heterocycles. The third kappa shape index (κ3) is 3.30. The minimum absolute atomic E-state index is 0.196. The van der Waals surface area contributed by atoms with Gasteiger partial charge < -0.3 is 18.3 Å². The summed E-state index contributed by atoms with van der Waals surface area (Å²) in [7, 11) is 0. The van der Waals surface area contributed by atoms with E-state index in [4.69, 9.17) is 13.9 Å². The van der Waals surface area contributed by atoms with Gasteiger partial charge in [-0.15, -0.1) is 0 Å². The summed E-state index contributed by atoms with van der Waals surface area (Å²) >= 11 is 0. The highest BCUT2D eigenvalue weighted by molar-refractivity contribution is 5.73. The standard InChI is InChI=1S/C7H8O3.C5H4O2/c1-2-8-5-6(1)7-9-3-4-10-7;6-3-5-1-2-7-4-5/h1-2,5,7H,3-4H2;1-4H. The Morgan fingerprint density at radius 2 is 1.76 bits per heavy atom. The van der Waals surface area contributed by atoms with Crippen molar-refractivity contribution in [2.24, 2.45) is 0 Å². The zero-order valence-corrected chi connectivity index (χ0v) is 9.07. The van der Waals surface area contributed by atoms with E-state index in [1.54, 1.807) is 18.6 Å². The number of hydrogen-bond donors (Lipinski definition) is 0. The smallest absolute Gasteiger partial charge is 0.187 e. The summed E-state index contributed by atoms with van der Waals surface area (Å²) < 4.78 is 19.9. The highest BCUT2D eigenvalue weighted by Crippen LogP contribution is 2.22. The van der Waals surface area contributed by atoms with Gasteiger partial charge in [-0.25, -0.2) is 0 Å². The van der Waals surface area contributed by atoms with E-state index >= 15 is 0 Å². The molecule has 2 aromatic heterocycles. The van der Waals surface area contributed by atoms with Gasteiger partial charge in [0.1, 0.15) is 6.26 Å². The molecule has 17 heavy (non-hydrogen) atoms. The lowest BCUT2D eigenvalue weighted by Crippen LogP contribution is -1.94. The molecule has 0 spiro atoms. The van der Waals surface area contributed by atoms with Gasteiger partial charge in [-0.2, -0.15) is 0 Å². The van der Waals surface area contributed by atoms with Crippen molar-refractivity contribution in [3.63, 3.8) is 0 Å². The second kappa shape index (κ2) is 6.03. The molecule has 0 aliphatic carbocycles. The van der Waals surface area contributed by atoms with Crippen LogP contribution in [-0.2, 0) is 9.47 Å². The zero-order valence-electron chi connectivity index (χ0n) is 9.07. The molecule has 0 atom stereocenters. The van der Waals surface area contributed by atoms with Crippen molar-refractivity contribution >= 4 is 6.29 Å². The van der Waals surface area contributed by atoms with Crippen molar-refractivity contribution in [2.75, 3.05) is 13.2 Å². The van der Waals surface area contributed by atoms with E-state index in [0.29, 0.717) is 18.8 Å². The Bertz CT molecular complexity index is 412. The Hall–Kier alpha value is -1.85. The first kappa shape index (κ1) is 11.6. The van der Waals surface area contributed by atoms with Crippen molar-refractivity contribution in [1.29, 1.82) is 0 Å². The van der Waals surface area contributed by atoms with Gasteiger partial charge in [0.25, 0.3) is 0 Å². The van der Waals surface area contributed by atoms with Crippen LogP contribution in [0.2, 0.25) is 0 Å². The normalized spacial score (nSPS) is 15.3. The number of hydrogen-bond acceptors (Lipinski definition) is 5. The number of carbonyl (C=O) groups excluding carboxylic acids is 1. The predicted octanol–water partition coefficient (Wildman–Crippen LogP) is 2.42. The summed E-state index contributed by atoms with van der Waals surface area (Å²) in [5.41, 5.74) is 1.54. The van der Waals surface area contributed by atoms with Crippen LogP contribution in [0.25, 0.3) is 0 Å². The SMILES string of the molecule is O=Cc1ccoc1.c1cc(C2OCCO2)co1. The van der Waals surface area contributed by atoms with Crippen LogP contribution < -0.4 is 0 Å². The quantitative estimate of drug-likeness (QED) is 0.749. The molecule has 0 N–H and O–H groups in total. The lowest BCUT2D eigenvalue weighted by Gasteiger charge is -2.03. The predicted molar refractivity (Wildman–Crippen MR) is 57.4 cm³/mol. The number of ether oxygens (including phenoxy) is 2. The zero-order chi connectivity index (χ0) is 11.9. The van der Waals surface area contributed by atoms with E-state index in [9.17, 15) is 4.79 Å². The highest BCUT2D eigenvalue weighted by Gasteiger charge is 2.18. The van der Waals surface area contributed by atoms with Crippen LogP contribution in [0.1, 0.15) is 22.2 Å². The van der Waals surface area contributed by atoms with Gasteiger partial charge in [0.05, 0.1) is 37.6 Å². The first-order valence-electron chi connectivity index (χ1n) is 5.13. The number of rotatable bonds is 2. The van der Waals surface area contributed by atoms with E-state index in [-0.39, 0.29) is 6.29 Å². The molecule has 1 fully saturated rings. The summed E-state index contributed by atoms with van der Waals surface area (Å²) in [6, 6.07) is 3.45. The van der Waals surface area contributed by atoms with E-state index in [1.165, 1.54) is 12.5 Å². The summed E-state index contributed by atoms with van der Waals surface area (Å²) in [5.74, 6) is 0. The van der Waals surface area contributed by atoms with E-state index in [2.05, 4.69) is 4.42 Å². The van der Waals surface area contributed by atoms with Crippen LogP contribution in [0.15, 0.2) is 46.0 Å². The fourth-order valence-electron chi connectivity index (χ4n) is 1.30. The average Bonchev–Trinajstić information content (AvgIpc) is 3.12. The van der Waals surface area contributed by atoms with Crippen LogP contribution in [0.4, 0.5) is 0 Å². The van der Waals surface area contributed by atoms with E-state index in [0.717, 1.165) is 11.8 Å². The largest absolute Gasteiger partial charge is 0.472 e. The third-order valence-electron chi connectivity index (χ3n) is 2.12. The Morgan fingerprint density at radius 1 is 1.06 bits per heavy atom. The van der Waals surface area contributed by atoms with Gasteiger partial charge in [0.2, 0.25) is 0 Å². The molecular weight excluding hydrogens is 224 g/mol. The van der Waals surface area contributed by atoms with Crippen LogP contribution in [0.5, 0.6) is 0 Å². The number of carbonyl (C=O) groups is 1. The highest BCUT2D eigenvalue weighted by atomic mass is 16.7. The Balaban J connectivity index is 0.000000136. The van der Waals surface area contributed by atoms with Crippen LogP contribution >= 0.6 is 0 Å². The topological polar surface area (TPSA) is 61.8 Å². The molecule has 0 unspecified atom stereocenters. The lowest BCUT2D eigenvalue weighted by atomic mass is 10.3. The van der Waals surface area contributed by atoms with E-state index in [1.807, 2.05) is 6.07 Å². The van der Waals surface area contributed by atoms with Crippen LogP contribution in [0, 0.1) is 0 Å². The summed E-state index contributed by atoms with van der Waals surface area (Å²) in [6.45, 7) is 1.35. The Morgan fingerprint density at radius 3 is 2.24 bits per heavy atom. The van der Waals surface area contributed by atoms with Gasteiger partial charge in [0, 0.05) is 5.56 Å². The molecule has 90 valence electrons. The number of furan rings is 2. The van der Waals surface area contributed by atoms with Crippen molar-refractivity contribution in [1.82, 2.24) is 0 Å². The molecule has 1 saturated heterocycles. The molecule has 0 bridgehead atoms. The fraction of sp³-hybridized carbons (Fsp3) is 0.250. The van der Waals surface area contributed by atoms with Gasteiger partial charge >= 0.3 is 0 Å². The van der Waals surface area contributed by atoms with Gasteiger partial charge in [-0.1, -0.05) is 0 Å². The summed E-state index contributed by atoms with van der Waals surface area (Å²) in [6.07, 6.45) is 6.65. The maximum atomic E-state index is 9.81. The molecule has 3 rings (SSSR count). The second-order valence-corrected chi connectivity index (χ2v) is 3.30. The Kier molecular flexibility index (Phi) is 4.12. The first-order valence-corrected chi connectivity index (χ1v) is 5.13. The lowest BCUT2D eigenvalue weighted by molar-refractivity contribution is -0.0444. The van der Waals surface area contributed by atoms with Gasteiger partial charge in [0.15, 0.2) is 12.6 Å². The Labute approximate surface area is 97.9 Å². The maximum absolute atomic E-state index is 9.81. The maximum Gasteiger partial charge on any atom is 0.187 e. The molecular formula is C12H12O5. The molecule has 5 nitrogen and oxygen atoms in total. The van der Waals surface area contributed by atoms with E-state index < -0.39 is 0 Å². The molecule has 1 aliphatic rings. The third-order valence-corrected chi connectivity index (χ3v) is 2.12. The minimum atomic E-state index is -0.196. The monoisotopic (exact) mass is 236 g/mol. The average molecular weight is 236 g/mol. The molecule has 1 aliphatic heterocycles. The molecule has 0 radical (unpaired) electrons. The molecule has 0 amide bonds. The van der Waals surface area contributed by atoms with Crippen molar-refractivity contribution in [3.05, 3.63) is 48.3 Å². The molecule has 0 aromatic carbocycles. The fourth-order valence-corrected chi connectivity index (χ4v) is 1.30. The van der Waals surface area contributed by atoms with Crippen LogP contribution in [-0.4, -0.2) is 19.5 Å².